The standard InChI is InChI=1S/C16H23N3O2/c1-16(18,11-17)5-7-19-6-4-12-8-14(20-2)15(21-3)9-13(12)10-19/h8-9H,4-7,10,18H2,1-3H3. The summed E-state index contributed by atoms with van der Waals surface area (Å²) in [5.74, 6) is 1.54. The Morgan fingerprint density at radius 1 is 1.29 bits per heavy atom. The average molecular weight is 289 g/mol. The molecule has 1 aliphatic rings. The third-order valence-corrected chi connectivity index (χ3v) is 4.00. The van der Waals surface area contributed by atoms with Gasteiger partial charge in [-0.2, -0.15) is 5.26 Å². The minimum Gasteiger partial charge on any atom is -0.493 e. The van der Waals surface area contributed by atoms with E-state index in [1.54, 1.807) is 21.1 Å². The Labute approximate surface area is 126 Å². The number of ether oxygens (including phenoxy) is 2. The number of hydrogen-bond donors (Lipinski definition) is 1. The van der Waals surface area contributed by atoms with E-state index in [2.05, 4.69) is 17.0 Å². The molecule has 1 aromatic rings. The van der Waals surface area contributed by atoms with Crippen molar-refractivity contribution in [1.82, 2.24) is 4.90 Å². The normalized spacial score (nSPS) is 17.5. The van der Waals surface area contributed by atoms with Gasteiger partial charge in [0.25, 0.3) is 0 Å². The van der Waals surface area contributed by atoms with E-state index in [0.29, 0.717) is 6.42 Å². The predicted octanol–water partition coefficient (Wildman–Crippen LogP) is 1.69. The Morgan fingerprint density at radius 3 is 2.48 bits per heavy atom. The lowest BCUT2D eigenvalue weighted by molar-refractivity contribution is 0.236. The molecule has 0 bridgehead atoms. The molecule has 21 heavy (non-hydrogen) atoms. The molecule has 0 saturated carbocycles. The monoisotopic (exact) mass is 289 g/mol. The topological polar surface area (TPSA) is 71.5 Å². The lowest BCUT2D eigenvalue weighted by Crippen LogP contribution is -2.40. The van der Waals surface area contributed by atoms with Crippen LogP contribution in [0.1, 0.15) is 24.5 Å². The molecule has 0 saturated heterocycles. The van der Waals surface area contributed by atoms with Crippen LogP contribution in [0, 0.1) is 11.3 Å². The summed E-state index contributed by atoms with van der Waals surface area (Å²) in [7, 11) is 3.31. The maximum absolute atomic E-state index is 8.98. The van der Waals surface area contributed by atoms with Gasteiger partial charge >= 0.3 is 0 Å². The molecule has 1 heterocycles. The third kappa shape index (κ3) is 3.66. The van der Waals surface area contributed by atoms with Crippen LogP contribution < -0.4 is 15.2 Å². The SMILES string of the molecule is COc1cc2c(cc1OC)CN(CCC(C)(N)C#N)CC2. The van der Waals surface area contributed by atoms with Gasteiger partial charge < -0.3 is 15.2 Å². The molecular weight excluding hydrogens is 266 g/mol. The number of benzene rings is 1. The lowest BCUT2D eigenvalue weighted by atomic mass is 9.96. The summed E-state index contributed by atoms with van der Waals surface area (Å²) < 4.78 is 10.7. The van der Waals surface area contributed by atoms with Gasteiger partial charge in [-0.1, -0.05) is 0 Å². The van der Waals surface area contributed by atoms with Crippen LogP contribution in [-0.2, 0) is 13.0 Å². The highest BCUT2D eigenvalue weighted by atomic mass is 16.5. The van der Waals surface area contributed by atoms with Crippen molar-refractivity contribution in [3.63, 3.8) is 0 Å². The zero-order valence-electron chi connectivity index (χ0n) is 13.0. The summed E-state index contributed by atoms with van der Waals surface area (Å²) in [6.07, 6.45) is 1.65. The summed E-state index contributed by atoms with van der Waals surface area (Å²) in [5, 5.41) is 8.98. The van der Waals surface area contributed by atoms with Crippen molar-refractivity contribution in [3.8, 4) is 17.6 Å². The van der Waals surface area contributed by atoms with Crippen LogP contribution in [0.5, 0.6) is 11.5 Å². The second kappa shape index (κ2) is 6.33. The summed E-state index contributed by atoms with van der Waals surface area (Å²) in [5.41, 5.74) is 7.70. The lowest BCUT2D eigenvalue weighted by Gasteiger charge is -2.31. The smallest absolute Gasteiger partial charge is 0.161 e. The fourth-order valence-corrected chi connectivity index (χ4v) is 2.58. The van der Waals surface area contributed by atoms with Crippen molar-refractivity contribution in [2.24, 2.45) is 5.73 Å². The van der Waals surface area contributed by atoms with E-state index in [9.17, 15) is 0 Å². The third-order valence-electron chi connectivity index (χ3n) is 4.00. The largest absolute Gasteiger partial charge is 0.493 e. The van der Waals surface area contributed by atoms with Gasteiger partial charge in [0.1, 0.15) is 5.54 Å². The van der Waals surface area contributed by atoms with Crippen LogP contribution in [0.25, 0.3) is 0 Å². The minimum absolute atomic E-state index is 0.673. The summed E-state index contributed by atoms with van der Waals surface area (Å²) in [6, 6.07) is 6.26. The number of nitrogens with zero attached hydrogens (tertiary/aromatic N) is 2. The van der Waals surface area contributed by atoms with Gasteiger partial charge in [-0.15, -0.1) is 0 Å². The first-order chi connectivity index (χ1) is 9.99. The number of nitrogens with two attached hydrogens (primary N) is 1. The zero-order valence-corrected chi connectivity index (χ0v) is 13.0. The van der Waals surface area contributed by atoms with Crippen molar-refractivity contribution in [3.05, 3.63) is 23.3 Å². The van der Waals surface area contributed by atoms with Crippen molar-refractivity contribution >= 4 is 0 Å². The molecule has 5 heteroatoms. The predicted molar refractivity (Wildman–Crippen MR) is 81.3 cm³/mol. The molecule has 0 radical (unpaired) electrons. The van der Waals surface area contributed by atoms with Gasteiger partial charge in [0.2, 0.25) is 0 Å². The molecule has 5 nitrogen and oxygen atoms in total. The van der Waals surface area contributed by atoms with E-state index in [0.717, 1.165) is 37.6 Å². The second-order valence-corrected chi connectivity index (χ2v) is 5.78. The Kier molecular flexibility index (Phi) is 4.71. The molecule has 0 amide bonds. The molecule has 1 unspecified atom stereocenters. The Balaban J connectivity index is 2.08. The van der Waals surface area contributed by atoms with Gasteiger partial charge in [-0.05, 0) is 43.0 Å². The quantitative estimate of drug-likeness (QED) is 0.893. The molecule has 1 aromatic carbocycles. The van der Waals surface area contributed by atoms with Crippen molar-refractivity contribution < 1.29 is 9.47 Å². The fourth-order valence-electron chi connectivity index (χ4n) is 2.58. The minimum atomic E-state index is -0.752. The number of rotatable bonds is 5. The Morgan fingerprint density at radius 2 is 1.90 bits per heavy atom. The average Bonchev–Trinajstić information content (AvgIpc) is 2.51. The van der Waals surface area contributed by atoms with Gasteiger partial charge in [-0.3, -0.25) is 4.90 Å². The number of methoxy groups -OCH3 is 2. The van der Waals surface area contributed by atoms with Crippen LogP contribution in [0.2, 0.25) is 0 Å². The van der Waals surface area contributed by atoms with E-state index in [1.165, 1.54) is 11.1 Å². The number of hydrogen-bond acceptors (Lipinski definition) is 5. The summed E-state index contributed by atoms with van der Waals surface area (Å²) in [6.45, 7) is 4.44. The molecule has 0 fully saturated rings. The van der Waals surface area contributed by atoms with E-state index < -0.39 is 5.54 Å². The van der Waals surface area contributed by atoms with Crippen molar-refractivity contribution in [1.29, 1.82) is 5.26 Å². The summed E-state index contributed by atoms with van der Waals surface area (Å²) in [4.78, 5) is 2.33. The van der Waals surface area contributed by atoms with E-state index in [1.807, 2.05) is 6.07 Å². The molecular formula is C16H23N3O2. The van der Waals surface area contributed by atoms with Gasteiger partial charge in [0.15, 0.2) is 11.5 Å². The first-order valence-corrected chi connectivity index (χ1v) is 7.15. The maximum atomic E-state index is 8.98. The number of nitriles is 1. The molecule has 114 valence electrons. The fraction of sp³-hybridized carbons (Fsp3) is 0.562. The van der Waals surface area contributed by atoms with Crippen LogP contribution in [-0.4, -0.2) is 37.7 Å². The van der Waals surface area contributed by atoms with Crippen LogP contribution in [0.15, 0.2) is 12.1 Å². The van der Waals surface area contributed by atoms with E-state index in [-0.39, 0.29) is 0 Å². The maximum Gasteiger partial charge on any atom is 0.161 e. The molecule has 1 aliphatic heterocycles. The van der Waals surface area contributed by atoms with E-state index in [4.69, 9.17) is 20.5 Å². The first-order valence-electron chi connectivity index (χ1n) is 7.15. The molecule has 1 atom stereocenters. The first kappa shape index (κ1) is 15.6. The molecule has 0 aliphatic carbocycles. The van der Waals surface area contributed by atoms with Crippen molar-refractivity contribution in [2.75, 3.05) is 27.3 Å². The highest BCUT2D eigenvalue weighted by molar-refractivity contribution is 5.48. The van der Waals surface area contributed by atoms with Crippen LogP contribution in [0.3, 0.4) is 0 Å². The van der Waals surface area contributed by atoms with Crippen LogP contribution in [0.4, 0.5) is 0 Å². The number of fused-ring (bicyclic) bond motifs is 1. The van der Waals surface area contributed by atoms with Crippen LogP contribution >= 0.6 is 0 Å². The molecule has 2 rings (SSSR count). The Hall–Kier alpha value is -1.77. The summed E-state index contributed by atoms with van der Waals surface area (Å²) >= 11 is 0. The second-order valence-electron chi connectivity index (χ2n) is 5.78. The Bertz CT molecular complexity index is 549. The highest BCUT2D eigenvalue weighted by Crippen LogP contribution is 2.33. The highest BCUT2D eigenvalue weighted by Gasteiger charge is 2.22. The van der Waals surface area contributed by atoms with E-state index >= 15 is 0 Å². The van der Waals surface area contributed by atoms with Gasteiger partial charge in [0.05, 0.1) is 20.3 Å². The zero-order chi connectivity index (χ0) is 15.5. The van der Waals surface area contributed by atoms with Crippen molar-refractivity contribution in [2.45, 2.75) is 31.8 Å². The molecule has 2 N–H and O–H groups in total. The van der Waals surface area contributed by atoms with Gasteiger partial charge in [0, 0.05) is 19.6 Å². The molecule has 0 aromatic heterocycles. The molecule has 0 spiro atoms. The van der Waals surface area contributed by atoms with Gasteiger partial charge in [-0.25, -0.2) is 0 Å².